The van der Waals surface area contributed by atoms with E-state index in [4.69, 9.17) is 26.8 Å². The fourth-order valence-corrected chi connectivity index (χ4v) is 2.83. The van der Waals surface area contributed by atoms with E-state index in [1.165, 1.54) is 19.2 Å². The molecule has 2 aromatic rings. The van der Waals surface area contributed by atoms with Gasteiger partial charge < -0.3 is 20.5 Å². The quantitative estimate of drug-likeness (QED) is 0.777. The zero-order chi connectivity index (χ0) is 19.3. The van der Waals surface area contributed by atoms with Gasteiger partial charge in [-0.3, -0.25) is 9.59 Å². The summed E-state index contributed by atoms with van der Waals surface area (Å²) in [5, 5.41) is 3.09. The van der Waals surface area contributed by atoms with Crippen LogP contribution in [0.2, 0.25) is 5.02 Å². The Morgan fingerprint density at radius 2 is 1.96 bits per heavy atom. The van der Waals surface area contributed by atoms with E-state index < -0.39 is 5.91 Å². The number of aryl methyl sites for hydroxylation is 1. The number of amides is 2. The number of hydrogen-bond donors (Lipinski definition) is 2. The minimum atomic E-state index is -0.642. The second-order valence-corrected chi connectivity index (χ2v) is 6.20. The number of benzene rings is 2. The van der Waals surface area contributed by atoms with Crippen LogP contribution < -0.4 is 20.5 Å². The molecule has 0 saturated heterocycles. The number of methoxy groups -OCH3 is 1. The molecule has 3 N–H and O–H groups in total. The zero-order valence-electron chi connectivity index (χ0n) is 14.8. The van der Waals surface area contributed by atoms with E-state index in [0.717, 1.165) is 11.1 Å². The minimum absolute atomic E-state index is 0.152. The van der Waals surface area contributed by atoms with Gasteiger partial charge >= 0.3 is 0 Å². The molecule has 0 bridgehead atoms. The SMILES string of the molecule is COc1cc(C(=O)NC(C)c2ccccc2C)cc(Cl)c1OCC(N)=O. The Balaban J connectivity index is 2.22. The molecule has 2 rings (SSSR count). The summed E-state index contributed by atoms with van der Waals surface area (Å²) in [5.41, 5.74) is 7.51. The van der Waals surface area contributed by atoms with Crippen molar-refractivity contribution in [1.82, 2.24) is 5.32 Å². The van der Waals surface area contributed by atoms with Gasteiger partial charge in [0.15, 0.2) is 18.1 Å². The molecule has 138 valence electrons. The molecule has 7 heteroatoms. The Bertz CT molecular complexity index is 823. The van der Waals surface area contributed by atoms with Gasteiger partial charge in [-0.2, -0.15) is 0 Å². The van der Waals surface area contributed by atoms with Gasteiger partial charge in [-0.25, -0.2) is 0 Å². The van der Waals surface area contributed by atoms with Gasteiger partial charge in [-0.15, -0.1) is 0 Å². The van der Waals surface area contributed by atoms with Crippen molar-refractivity contribution in [1.29, 1.82) is 0 Å². The van der Waals surface area contributed by atoms with E-state index in [9.17, 15) is 9.59 Å². The minimum Gasteiger partial charge on any atom is -0.493 e. The molecule has 2 amide bonds. The second kappa shape index (κ2) is 8.58. The summed E-state index contributed by atoms with van der Waals surface area (Å²) in [7, 11) is 1.42. The average Bonchev–Trinajstić information content (AvgIpc) is 2.60. The van der Waals surface area contributed by atoms with Crippen LogP contribution in [0.5, 0.6) is 11.5 Å². The molecule has 0 heterocycles. The Morgan fingerprint density at radius 1 is 1.27 bits per heavy atom. The summed E-state index contributed by atoms with van der Waals surface area (Å²) in [4.78, 5) is 23.5. The van der Waals surface area contributed by atoms with Gasteiger partial charge in [-0.05, 0) is 37.1 Å². The molecule has 1 atom stereocenters. The Morgan fingerprint density at radius 3 is 2.58 bits per heavy atom. The van der Waals surface area contributed by atoms with Gasteiger partial charge in [0.1, 0.15) is 0 Å². The average molecular weight is 377 g/mol. The monoisotopic (exact) mass is 376 g/mol. The van der Waals surface area contributed by atoms with Crippen LogP contribution in [-0.4, -0.2) is 25.5 Å². The molecule has 0 spiro atoms. The molecule has 6 nitrogen and oxygen atoms in total. The first-order valence-electron chi connectivity index (χ1n) is 7.98. The van der Waals surface area contributed by atoms with Gasteiger partial charge in [-0.1, -0.05) is 35.9 Å². The summed E-state index contributed by atoms with van der Waals surface area (Å²) in [6.07, 6.45) is 0. The number of carbonyl (C=O) groups excluding carboxylic acids is 2. The highest BCUT2D eigenvalue weighted by Crippen LogP contribution is 2.36. The second-order valence-electron chi connectivity index (χ2n) is 5.80. The van der Waals surface area contributed by atoms with Crippen LogP contribution in [-0.2, 0) is 4.79 Å². The molecular formula is C19H21ClN2O4. The topological polar surface area (TPSA) is 90.7 Å². The maximum absolute atomic E-state index is 12.6. The number of nitrogens with two attached hydrogens (primary N) is 1. The Hall–Kier alpha value is -2.73. The smallest absolute Gasteiger partial charge is 0.255 e. The zero-order valence-corrected chi connectivity index (χ0v) is 15.6. The fourth-order valence-electron chi connectivity index (χ4n) is 2.56. The molecule has 0 aliphatic carbocycles. The van der Waals surface area contributed by atoms with Crippen LogP contribution in [0.15, 0.2) is 36.4 Å². The van der Waals surface area contributed by atoms with Crippen LogP contribution in [0.3, 0.4) is 0 Å². The van der Waals surface area contributed by atoms with Crippen LogP contribution in [0.1, 0.15) is 34.5 Å². The van der Waals surface area contributed by atoms with Gasteiger partial charge in [0.2, 0.25) is 0 Å². The van der Waals surface area contributed by atoms with E-state index >= 15 is 0 Å². The van der Waals surface area contributed by atoms with Crippen LogP contribution in [0, 0.1) is 6.92 Å². The summed E-state index contributed by atoms with van der Waals surface area (Å²) < 4.78 is 10.5. The first kappa shape index (κ1) is 19.6. The molecule has 0 fully saturated rings. The lowest BCUT2D eigenvalue weighted by atomic mass is 10.0. The first-order chi connectivity index (χ1) is 12.3. The maximum atomic E-state index is 12.6. The van der Waals surface area contributed by atoms with E-state index in [1.54, 1.807) is 0 Å². The van der Waals surface area contributed by atoms with Crippen molar-refractivity contribution in [3.63, 3.8) is 0 Å². The number of nitrogens with one attached hydrogen (secondary N) is 1. The normalized spacial score (nSPS) is 11.5. The number of hydrogen-bond acceptors (Lipinski definition) is 4. The standard InChI is InChI=1S/C19H21ClN2O4/c1-11-6-4-5-7-14(11)12(2)22-19(24)13-8-15(20)18(16(9-13)25-3)26-10-17(21)23/h4-9,12H,10H2,1-3H3,(H2,21,23)(H,22,24). The van der Waals surface area contributed by atoms with E-state index in [2.05, 4.69) is 5.32 Å². The summed E-state index contributed by atoms with van der Waals surface area (Å²) in [6, 6.07) is 10.6. The lowest BCUT2D eigenvalue weighted by molar-refractivity contribution is -0.119. The maximum Gasteiger partial charge on any atom is 0.255 e. The number of carbonyl (C=O) groups is 2. The summed E-state index contributed by atoms with van der Waals surface area (Å²) >= 11 is 6.18. The third-order valence-corrected chi connectivity index (χ3v) is 4.13. The van der Waals surface area contributed by atoms with Crippen LogP contribution >= 0.6 is 11.6 Å². The largest absolute Gasteiger partial charge is 0.493 e. The third kappa shape index (κ3) is 4.67. The Kier molecular flexibility index (Phi) is 6.46. The first-order valence-corrected chi connectivity index (χ1v) is 8.36. The van der Waals surface area contributed by atoms with Crippen molar-refractivity contribution in [2.24, 2.45) is 5.73 Å². The van der Waals surface area contributed by atoms with Crippen LogP contribution in [0.25, 0.3) is 0 Å². The van der Waals surface area contributed by atoms with E-state index in [1.807, 2.05) is 38.1 Å². The number of halogens is 1. The molecule has 1 unspecified atom stereocenters. The van der Waals surface area contributed by atoms with Gasteiger partial charge in [0.25, 0.3) is 11.8 Å². The predicted molar refractivity (Wildman–Crippen MR) is 99.8 cm³/mol. The molecule has 0 aliphatic heterocycles. The number of ether oxygens (including phenoxy) is 2. The molecule has 0 aromatic heterocycles. The molecule has 0 radical (unpaired) electrons. The van der Waals surface area contributed by atoms with Crippen molar-refractivity contribution in [2.45, 2.75) is 19.9 Å². The van der Waals surface area contributed by atoms with Crippen LogP contribution in [0.4, 0.5) is 0 Å². The Labute approximate surface area is 157 Å². The van der Waals surface area contributed by atoms with E-state index in [-0.39, 0.29) is 35.1 Å². The van der Waals surface area contributed by atoms with Crippen molar-refractivity contribution in [3.05, 3.63) is 58.1 Å². The highest BCUT2D eigenvalue weighted by atomic mass is 35.5. The molecule has 26 heavy (non-hydrogen) atoms. The van der Waals surface area contributed by atoms with Crippen molar-refractivity contribution in [2.75, 3.05) is 13.7 Å². The van der Waals surface area contributed by atoms with E-state index in [0.29, 0.717) is 5.56 Å². The highest BCUT2D eigenvalue weighted by molar-refractivity contribution is 6.32. The number of primary amides is 1. The fraction of sp³-hybridized carbons (Fsp3) is 0.263. The summed E-state index contributed by atoms with van der Waals surface area (Å²) in [6.45, 7) is 3.55. The molecular weight excluding hydrogens is 356 g/mol. The lowest BCUT2D eigenvalue weighted by Crippen LogP contribution is -2.27. The molecule has 0 saturated carbocycles. The van der Waals surface area contributed by atoms with Gasteiger partial charge in [0, 0.05) is 5.56 Å². The molecule has 0 aliphatic rings. The van der Waals surface area contributed by atoms with Gasteiger partial charge in [0.05, 0.1) is 18.2 Å². The predicted octanol–water partition coefficient (Wildman–Crippen LogP) is 3.01. The summed E-state index contributed by atoms with van der Waals surface area (Å²) in [5.74, 6) is -0.539. The van der Waals surface area contributed by atoms with Crippen molar-refractivity contribution in [3.8, 4) is 11.5 Å². The highest BCUT2D eigenvalue weighted by Gasteiger charge is 2.18. The van der Waals surface area contributed by atoms with Crippen molar-refractivity contribution >= 4 is 23.4 Å². The molecule has 2 aromatic carbocycles. The lowest BCUT2D eigenvalue weighted by Gasteiger charge is -2.18. The number of rotatable bonds is 7. The third-order valence-electron chi connectivity index (χ3n) is 3.85. The van der Waals surface area contributed by atoms with Crippen molar-refractivity contribution < 1.29 is 19.1 Å².